The maximum absolute atomic E-state index is 12.6. The van der Waals surface area contributed by atoms with Gasteiger partial charge in [0.15, 0.2) is 5.78 Å². The molecular formula is C16H17NO4S. The van der Waals surface area contributed by atoms with Gasteiger partial charge in [0.05, 0.1) is 12.8 Å². The van der Waals surface area contributed by atoms with Gasteiger partial charge in [-0.2, -0.15) is 0 Å². The number of methoxy groups -OCH3 is 1. The molecule has 2 rings (SSSR count). The summed E-state index contributed by atoms with van der Waals surface area (Å²) in [5, 5.41) is 0. The fourth-order valence-corrected chi connectivity index (χ4v) is 3.41. The minimum absolute atomic E-state index is 0.0355. The van der Waals surface area contributed by atoms with Crippen LogP contribution in [0.5, 0.6) is 5.75 Å². The molecule has 0 unspecified atom stereocenters. The molecule has 0 spiro atoms. The van der Waals surface area contributed by atoms with Crippen molar-refractivity contribution in [1.29, 1.82) is 0 Å². The second kappa shape index (κ2) is 6.19. The minimum Gasteiger partial charge on any atom is -0.495 e. The van der Waals surface area contributed by atoms with E-state index < -0.39 is 10.0 Å². The van der Waals surface area contributed by atoms with E-state index in [0.29, 0.717) is 5.56 Å². The number of hydrogen-bond acceptors (Lipinski definition) is 4. The average Bonchev–Trinajstić information content (AvgIpc) is 2.47. The summed E-state index contributed by atoms with van der Waals surface area (Å²) in [5.74, 6) is 0.0351. The van der Waals surface area contributed by atoms with Gasteiger partial charge in [-0.15, -0.1) is 0 Å². The fraction of sp³-hybridized carbons (Fsp3) is 0.188. The van der Waals surface area contributed by atoms with Gasteiger partial charge in [0.25, 0.3) is 10.0 Å². The van der Waals surface area contributed by atoms with E-state index in [9.17, 15) is 13.2 Å². The smallest absolute Gasteiger partial charge is 0.265 e. The standard InChI is InChI=1S/C16H17NO4S/c1-11-8-9-15(21-3)16(10-11)22(19,20)17-14-7-5-4-6-13(14)12(2)18/h4-10,17H,1-3H3. The van der Waals surface area contributed by atoms with Crippen molar-refractivity contribution in [2.45, 2.75) is 18.7 Å². The first-order chi connectivity index (χ1) is 10.3. The maximum Gasteiger partial charge on any atom is 0.265 e. The maximum atomic E-state index is 12.6. The summed E-state index contributed by atoms with van der Waals surface area (Å²) < 4.78 is 32.8. The number of hydrogen-bond donors (Lipinski definition) is 1. The van der Waals surface area contributed by atoms with Crippen LogP contribution in [0.25, 0.3) is 0 Å². The molecule has 2 aromatic carbocycles. The molecule has 0 aliphatic heterocycles. The molecular weight excluding hydrogens is 302 g/mol. The highest BCUT2D eigenvalue weighted by Gasteiger charge is 2.21. The van der Waals surface area contributed by atoms with E-state index in [2.05, 4.69) is 4.72 Å². The number of para-hydroxylation sites is 1. The Morgan fingerprint density at radius 3 is 2.45 bits per heavy atom. The summed E-state index contributed by atoms with van der Waals surface area (Å²) in [4.78, 5) is 11.6. The van der Waals surface area contributed by atoms with E-state index in [-0.39, 0.29) is 22.1 Å². The normalized spacial score (nSPS) is 11.0. The molecule has 0 aliphatic rings. The van der Waals surface area contributed by atoms with E-state index >= 15 is 0 Å². The lowest BCUT2D eigenvalue weighted by molar-refractivity contribution is 0.101. The Kier molecular flexibility index (Phi) is 4.51. The highest BCUT2D eigenvalue weighted by Crippen LogP contribution is 2.27. The lowest BCUT2D eigenvalue weighted by Crippen LogP contribution is -2.16. The Hall–Kier alpha value is -2.34. The molecule has 0 atom stereocenters. The summed E-state index contributed by atoms with van der Waals surface area (Å²) >= 11 is 0. The first-order valence-corrected chi connectivity index (χ1v) is 8.11. The fourth-order valence-electron chi connectivity index (χ4n) is 2.07. The third-order valence-electron chi connectivity index (χ3n) is 3.16. The topological polar surface area (TPSA) is 72.5 Å². The van der Waals surface area contributed by atoms with Gasteiger partial charge in [0.2, 0.25) is 0 Å². The van der Waals surface area contributed by atoms with Crippen molar-refractivity contribution in [3.63, 3.8) is 0 Å². The third kappa shape index (κ3) is 3.28. The Morgan fingerprint density at radius 2 is 1.82 bits per heavy atom. The third-order valence-corrected chi connectivity index (χ3v) is 4.55. The number of nitrogens with one attached hydrogen (secondary N) is 1. The molecule has 0 saturated carbocycles. The van der Waals surface area contributed by atoms with Crippen molar-refractivity contribution in [3.8, 4) is 5.75 Å². The number of rotatable bonds is 5. The monoisotopic (exact) mass is 319 g/mol. The van der Waals surface area contributed by atoms with Gasteiger partial charge >= 0.3 is 0 Å². The van der Waals surface area contributed by atoms with Crippen LogP contribution in [0.1, 0.15) is 22.8 Å². The van der Waals surface area contributed by atoms with Gasteiger partial charge in [0.1, 0.15) is 10.6 Å². The molecule has 0 bridgehead atoms. The second-order valence-electron chi connectivity index (χ2n) is 4.86. The molecule has 0 fully saturated rings. The molecule has 0 saturated heterocycles. The SMILES string of the molecule is COc1ccc(C)cc1S(=O)(=O)Nc1ccccc1C(C)=O. The van der Waals surface area contributed by atoms with Gasteiger partial charge in [-0.1, -0.05) is 18.2 Å². The summed E-state index contributed by atoms with van der Waals surface area (Å²) in [5.41, 5.74) is 1.36. The van der Waals surface area contributed by atoms with Crippen molar-refractivity contribution in [2.75, 3.05) is 11.8 Å². The largest absolute Gasteiger partial charge is 0.495 e. The zero-order valence-corrected chi connectivity index (χ0v) is 13.4. The number of sulfonamides is 1. The molecule has 0 amide bonds. The summed E-state index contributed by atoms with van der Waals surface area (Å²) in [6, 6.07) is 11.4. The molecule has 1 N–H and O–H groups in total. The van der Waals surface area contributed by atoms with Gasteiger partial charge in [0, 0.05) is 5.56 Å². The zero-order valence-electron chi connectivity index (χ0n) is 12.6. The second-order valence-corrected chi connectivity index (χ2v) is 6.51. The predicted molar refractivity (Wildman–Crippen MR) is 85.0 cm³/mol. The Bertz CT molecular complexity index is 813. The Labute approximate surface area is 130 Å². The number of carbonyl (C=O) groups is 1. The van der Waals surface area contributed by atoms with Crippen LogP contribution in [0.4, 0.5) is 5.69 Å². The number of carbonyl (C=O) groups excluding carboxylic acids is 1. The molecule has 6 heteroatoms. The Balaban J connectivity index is 2.50. The zero-order chi connectivity index (χ0) is 16.3. The predicted octanol–water partition coefficient (Wildman–Crippen LogP) is 3.01. The van der Waals surface area contributed by atoms with E-state index in [0.717, 1.165) is 5.56 Å². The van der Waals surface area contributed by atoms with Crippen molar-refractivity contribution in [1.82, 2.24) is 0 Å². The molecule has 22 heavy (non-hydrogen) atoms. The molecule has 0 heterocycles. The van der Waals surface area contributed by atoms with E-state index in [4.69, 9.17) is 4.74 Å². The van der Waals surface area contributed by atoms with Crippen LogP contribution in [-0.2, 0) is 10.0 Å². The van der Waals surface area contributed by atoms with Crippen LogP contribution < -0.4 is 9.46 Å². The van der Waals surface area contributed by atoms with E-state index in [1.165, 1.54) is 20.1 Å². The number of anilines is 1. The number of Topliss-reactive ketones (excluding diaryl/α,β-unsaturated/α-hetero) is 1. The van der Waals surface area contributed by atoms with Gasteiger partial charge < -0.3 is 4.74 Å². The quantitative estimate of drug-likeness (QED) is 0.860. The van der Waals surface area contributed by atoms with Crippen LogP contribution in [0.3, 0.4) is 0 Å². The minimum atomic E-state index is -3.86. The van der Waals surface area contributed by atoms with Crippen molar-refractivity contribution in [3.05, 3.63) is 53.6 Å². The molecule has 116 valence electrons. The lowest BCUT2D eigenvalue weighted by atomic mass is 10.1. The van der Waals surface area contributed by atoms with Crippen molar-refractivity contribution < 1.29 is 17.9 Å². The molecule has 5 nitrogen and oxygen atoms in total. The number of ether oxygens (including phenoxy) is 1. The van der Waals surface area contributed by atoms with Crippen molar-refractivity contribution in [2.24, 2.45) is 0 Å². The van der Waals surface area contributed by atoms with E-state index in [1.807, 2.05) is 0 Å². The summed E-state index contributed by atoms with van der Waals surface area (Å²) in [6.07, 6.45) is 0. The highest BCUT2D eigenvalue weighted by molar-refractivity contribution is 7.92. The molecule has 2 aromatic rings. The van der Waals surface area contributed by atoms with Crippen molar-refractivity contribution >= 4 is 21.5 Å². The summed E-state index contributed by atoms with van der Waals surface area (Å²) in [6.45, 7) is 3.18. The van der Waals surface area contributed by atoms with E-state index in [1.54, 1.807) is 43.3 Å². The summed E-state index contributed by atoms with van der Waals surface area (Å²) in [7, 11) is -2.45. The van der Waals surface area contributed by atoms with Crippen LogP contribution in [-0.4, -0.2) is 21.3 Å². The average molecular weight is 319 g/mol. The molecule has 0 radical (unpaired) electrons. The highest BCUT2D eigenvalue weighted by atomic mass is 32.2. The van der Waals surface area contributed by atoms with Crippen LogP contribution in [0, 0.1) is 6.92 Å². The lowest BCUT2D eigenvalue weighted by Gasteiger charge is -2.14. The number of benzene rings is 2. The Morgan fingerprint density at radius 1 is 1.14 bits per heavy atom. The number of ketones is 1. The van der Waals surface area contributed by atoms with Gasteiger partial charge in [-0.05, 0) is 43.7 Å². The van der Waals surface area contributed by atoms with Crippen LogP contribution in [0.2, 0.25) is 0 Å². The molecule has 0 aromatic heterocycles. The first-order valence-electron chi connectivity index (χ1n) is 6.62. The van der Waals surface area contributed by atoms with Gasteiger partial charge in [-0.25, -0.2) is 8.42 Å². The molecule has 0 aliphatic carbocycles. The van der Waals surface area contributed by atoms with Crippen LogP contribution in [0.15, 0.2) is 47.4 Å². The van der Waals surface area contributed by atoms with Crippen LogP contribution >= 0.6 is 0 Å². The van der Waals surface area contributed by atoms with Gasteiger partial charge in [-0.3, -0.25) is 9.52 Å². The number of aryl methyl sites for hydroxylation is 1. The first kappa shape index (κ1) is 16.0.